The molecule has 0 saturated heterocycles. The number of aromatic nitrogens is 2. The van der Waals surface area contributed by atoms with Gasteiger partial charge in [-0.15, -0.1) is 0 Å². The highest BCUT2D eigenvalue weighted by Gasteiger charge is 2.58. The molecule has 0 aliphatic heterocycles. The van der Waals surface area contributed by atoms with Crippen LogP contribution >= 0.6 is 0 Å². The molecular weight excluding hydrogens is 367 g/mol. The van der Waals surface area contributed by atoms with E-state index in [4.69, 9.17) is 0 Å². The SMILES string of the molecule is C[C@]12CC[C@H]3[C@@H](CC[C@H]4C[C@@](O)(CF)CC[C@@H]43)[C@@H]1CC[C@@H]2C(=O)Cc1cnc[nH]1. The summed E-state index contributed by atoms with van der Waals surface area (Å²) in [6.07, 6.45) is 13.1. The first-order valence-electron chi connectivity index (χ1n) is 11.7. The maximum Gasteiger partial charge on any atom is 0.142 e. The molecule has 8 atom stereocenters. The van der Waals surface area contributed by atoms with Gasteiger partial charge in [-0.25, -0.2) is 9.37 Å². The smallest absolute Gasteiger partial charge is 0.142 e. The van der Waals surface area contributed by atoms with E-state index in [0.29, 0.717) is 42.8 Å². The Hall–Kier alpha value is -1.23. The summed E-state index contributed by atoms with van der Waals surface area (Å²) in [5.41, 5.74) is 0.00700. The van der Waals surface area contributed by atoms with Crippen molar-refractivity contribution >= 4 is 5.78 Å². The van der Waals surface area contributed by atoms with Gasteiger partial charge in [0.05, 0.1) is 11.9 Å². The highest BCUT2D eigenvalue weighted by molar-refractivity contribution is 5.84. The number of carbonyl (C=O) groups excluding carboxylic acids is 1. The van der Waals surface area contributed by atoms with Crippen LogP contribution in [0.3, 0.4) is 0 Å². The fraction of sp³-hybridized carbons (Fsp3) is 0.833. The van der Waals surface area contributed by atoms with E-state index in [0.717, 1.165) is 43.2 Å². The molecule has 29 heavy (non-hydrogen) atoms. The predicted molar refractivity (Wildman–Crippen MR) is 109 cm³/mol. The van der Waals surface area contributed by atoms with Crippen LogP contribution in [0.15, 0.2) is 12.5 Å². The Morgan fingerprint density at radius 1 is 1.17 bits per heavy atom. The van der Waals surface area contributed by atoms with Crippen LogP contribution in [0.1, 0.15) is 70.4 Å². The standard InChI is InChI=1S/C24H35FN2O2/c1-23-8-6-18-17-7-9-24(29,13-25)11-15(17)2-3-19(18)20(23)4-5-21(23)22(28)10-16-12-26-14-27-16/h12,14-15,17-21,29H,2-11,13H2,1H3,(H,26,27)/t15-,17-,18+,19+,20-,21+,23-,24+/m0/s1. The third-order valence-corrected chi connectivity index (χ3v) is 9.66. The number of ketones is 1. The number of carbonyl (C=O) groups is 1. The van der Waals surface area contributed by atoms with Crippen molar-refractivity contribution in [2.75, 3.05) is 6.67 Å². The number of rotatable bonds is 4. The Kier molecular flexibility index (Phi) is 4.88. The summed E-state index contributed by atoms with van der Waals surface area (Å²) < 4.78 is 13.3. The van der Waals surface area contributed by atoms with Crippen molar-refractivity contribution in [1.82, 2.24) is 9.97 Å². The van der Waals surface area contributed by atoms with E-state index in [9.17, 15) is 14.3 Å². The average molecular weight is 403 g/mol. The zero-order valence-electron chi connectivity index (χ0n) is 17.6. The lowest BCUT2D eigenvalue weighted by Crippen LogP contribution is -2.52. The van der Waals surface area contributed by atoms with Crippen molar-refractivity contribution in [3.8, 4) is 0 Å². The molecule has 0 spiro atoms. The third-order valence-electron chi connectivity index (χ3n) is 9.66. The molecule has 4 nitrogen and oxygen atoms in total. The minimum absolute atomic E-state index is 0.138. The number of nitrogens with zero attached hydrogens (tertiary/aromatic N) is 1. The topological polar surface area (TPSA) is 66.0 Å². The fourth-order valence-corrected chi connectivity index (χ4v) is 8.31. The van der Waals surface area contributed by atoms with Gasteiger partial charge in [0.15, 0.2) is 0 Å². The minimum atomic E-state index is -1.06. The largest absolute Gasteiger partial charge is 0.387 e. The Morgan fingerprint density at radius 3 is 2.76 bits per heavy atom. The molecule has 4 aliphatic rings. The molecule has 4 saturated carbocycles. The molecule has 4 fully saturated rings. The number of fused-ring (bicyclic) bond motifs is 5. The zero-order chi connectivity index (χ0) is 20.2. The molecule has 2 N–H and O–H groups in total. The molecule has 0 amide bonds. The molecule has 0 aromatic carbocycles. The van der Waals surface area contributed by atoms with E-state index in [1.165, 1.54) is 19.3 Å². The number of hydrogen-bond acceptors (Lipinski definition) is 3. The number of imidazole rings is 1. The second-order valence-electron chi connectivity index (χ2n) is 10.9. The maximum absolute atomic E-state index is 13.3. The van der Waals surface area contributed by atoms with E-state index < -0.39 is 12.3 Å². The van der Waals surface area contributed by atoms with Gasteiger partial charge in [0, 0.05) is 24.2 Å². The number of Topliss-reactive ketones (excluding diaryl/α,β-unsaturated/α-hetero) is 1. The summed E-state index contributed by atoms with van der Waals surface area (Å²) in [4.78, 5) is 20.3. The number of H-pyrrole nitrogens is 1. The van der Waals surface area contributed by atoms with Crippen molar-refractivity contribution in [1.29, 1.82) is 0 Å². The zero-order valence-corrected chi connectivity index (χ0v) is 17.6. The van der Waals surface area contributed by atoms with Crippen LogP contribution < -0.4 is 0 Å². The molecule has 1 aromatic rings. The van der Waals surface area contributed by atoms with Gasteiger partial charge in [0.2, 0.25) is 0 Å². The van der Waals surface area contributed by atoms with Gasteiger partial charge in [-0.05, 0) is 92.8 Å². The van der Waals surface area contributed by atoms with Crippen LogP contribution in [-0.4, -0.2) is 33.1 Å². The molecule has 1 aromatic heterocycles. The summed E-state index contributed by atoms with van der Waals surface area (Å²) in [6.45, 7) is 1.80. The monoisotopic (exact) mass is 402 g/mol. The van der Waals surface area contributed by atoms with Crippen LogP contribution in [0.5, 0.6) is 0 Å². The number of alkyl halides is 1. The van der Waals surface area contributed by atoms with Crippen molar-refractivity contribution < 1.29 is 14.3 Å². The van der Waals surface area contributed by atoms with E-state index >= 15 is 0 Å². The van der Waals surface area contributed by atoms with Crippen LogP contribution in [-0.2, 0) is 11.2 Å². The summed E-state index contributed by atoms with van der Waals surface area (Å²) >= 11 is 0. The second kappa shape index (κ2) is 7.18. The predicted octanol–water partition coefficient (Wildman–Crippen LogP) is 4.49. The summed E-state index contributed by atoms with van der Waals surface area (Å²) in [5, 5.41) is 10.5. The van der Waals surface area contributed by atoms with Crippen LogP contribution in [0.2, 0.25) is 0 Å². The second-order valence-corrected chi connectivity index (χ2v) is 10.9. The third kappa shape index (κ3) is 3.19. The first kappa shape index (κ1) is 19.7. The molecule has 4 aliphatic carbocycles. The van der Waals surface area contributed by atoms with Gasteiger partial charge >= 0.3 is 0 Å². The van der Waals surface area contributed by atoms with Crippen LogP contribution in [0, 0.1) is 40.9 Å². The first-order chi connectivity index (χ1) is 13.9. The molecule has 160 valence electrons. The van der Waals surface area contributed by atoms with Crippen LogP contribution in [0.4, 0.5) is 4.39 Å². The van der Waals surface area contributed by atoms with E-state index in [2.05, 4.69) is 16.9 Å². The summed E-state index contributed by atoms with van der Waals surface area (Å²) in [6, 6.07) is 0. The fourth-order valence-electron chi connectivity index (χ4n) is 8.31. The van der Waals surface area contributed by atoms with Crippen molar-refractivity contribution in [2.45, 2.75) is 76.7 Å². The summed E-state index contributed by atoms with van der Waals surface area (Å²) in [5.74, 6) is 3.81. The average Bonchev–Trinajstić information content (AvgIpc) is 3.34. The lowest BCUT2D eigenvalue weighted by atomic mass is 9.49. The number of aromatic amines is 1. The van der Waals surface area contributed by atoms with Gasteiger partial charge in [-0.2, -0.15) is 0 Å². The molecule has 5 heteroatoms. The normalized spacial score (nSPS) is 46.6. The van der Waals surface area contributed by atoms with Gasteiger partial charge in [0.25, 0.3) is 0 Å². The molecule has 1 heterocycles. The quantitative estimate of drug-likeness (QED) is 0.780. The molecule has 0 unspecified atom stereocenters. The van der Waals surface area contributed by atoms with Gasteiger partial charge in [-0.3, -0.25) is 4.79 Å². The number of halogens is 1. The van der Waals surface area contributed by atoms with Crippen molar-refractivity contribution in [2.24, 2.45) is 40.9 Å². The number of nitrogens with one attached hydrogen (secondary N) is 1. The number of hydrogen-bond donors (Lipinski definition) is 2. The lowest BCUT2D eigenvalue weighted by Gasteiger charge is -2.57. The Balaban J connectivity index is 1.31. The Labute approximate surface area is 173 Å². The molecule has 5 rings (SSSR count). The highest BCUT2D eigenvalue weighted by Crippen LogP contribution is 2.64. The first-order valence-corrected chi connectivity index (χ1v) is 11.7. The lowest BCUT2D eigenvalue weighted by molar-refractivity contribution is -0.133. The van der Waals surface area contributed by atoms with E-state index in [-0.39, 0.29) is 11.3 Å². The van der Waals surface area contributed by atoms with E-state index in [1.54, 1.807) is 12.5 Å². The van der Waals surface area contributed by atoms with Crippen LogP contribution in [0.25, 0.3) is 0 Å². The molecule has 0 bridgehead atoms. The minimum Gasteiger partial charge on any atom is -0.387 e. The van der Waals surface area contributed by atoms with Crippen molar-refractivity contribution in [3.63, 3.8) is 0 Å². The van der Waals surface area contributed by atoms with Gasteiger partial charge in [-0.1, -0.05) is 6.92 Å². The number of aliphatic hydroxyl groups is 1. The Morgan fingerprint density at radius 2 is 2.00 bits per heavy atom. The maximum atomic E-state index is 13.3. The Bertz CT molecular complexity index is 752. The summed E-state index contributed by atoms with van der Waals surface area (Å²) in [7, 11) is 0. The highest BCUT2D eigenvalue weighted by atomic mass is 19.1. The molecular formula is C24H35FN2O2. The van der Waals surface area contributed by atoms with Gasteiger partial charge in [0.1, 0.15) is 12.5 Å². The van der Waals surface area contributed by atoms with E-state index in [1.807, 2.05) is 0 Å². The van der Waals surface area contributed by atoms with Gasteiger partial charge < -0.3 is 10.1 Å². The van der Waals surface area contributed by atoms with Crippen molar-refractivity contribution in [3.05, 3.63) is 18.2 Å². The molecule has 0 radical (unpaired) electrons.